The summed E-state index contributed by atoms with van der Waals surface area (Å²) in [6, 6.07) is 17.6. The topological polar surface area (TPSA) is 83.0 Å². The number of aromatic nitrogens is 7. The molecule has 0 unspecified atom stereocenters. The molecular weight excluding hydrogens is 374 g/mol. The van der Waals surface area contributed by atoms with Crippen molar-refractivity contribution in [3.8, 4) is 33.5 Å². The van der Waals surface area contributed by atoms with Crippen LogP contribution in [0.1, 0.15) is 5.69 Å². The van der Waals surface area contributed by atoms with E-state index in [-0.39, 0.29) is 0 Å². The first kappa shape index (κ1) is 16.6. The van der Waals surface area contributed by atoms with Gasteiger partial charge in [-0.15, -0.1) is 15.3 Å². The third-order valence-corrected chi connectivity index (χ3v) is 5.34. The summed E-state index contributed by atoms with van der Waals surface area (Å²) < 4.78 is 8.95. The van der Waals surface area contributed by atoms with Crippen molar-refractivity contribution in [2.45, 2.75) is 6.92 Å². The summed E-state index contributed by atoms with van der Waals surface area (Å²) in [5.41, 5.74) is 3.37. The normalized spacial score (nSPS) is 11.2. The van der Waals surface area contributed by atoms with Gasteiger partial charge in [0.1, 0.15) is 17.1 Å². The Morgan fingerprint density at radius 3 is 2.54 bits per heavy atom. The van der Waals surface area contributed by atoms with Crippen molar-refractivity contribution >= 4 is 16.3 Å². The lowest BCUT2D eigenvalue weighted by atomic mass is 10.2. The minimum absolute atomic E-state index is 0.702. The van der Waals surface area contributed by atoms with Gasteiger partial charge in [0.05, 0.1) is 12.8 Å². The molecular formula is C19H15N7OS. The molecule has 0 N–H and O–H groups in total. The molecule has 0 saturated heterocycles. The van der Waals surface area contributed by atoms with Gasteiger partial charge >= 0.3 is 0 Å². The standard InChI is InChI=1S/C19H15N7OS/c1-12-16(20-24-25(12)14-10-6-7-11-15(14)27-2)18-23-26-17(21-22-19(26)28-18)13-8-4-3-5-9-13/h3-11H,1-2H3. The number of rotatable bonds is 4. The summed E-state index contributed by atoms with van der Waals surface area (Å²) in [6.07, 6.45) is 0. The fourth-order valence-electron chi connectivity index (χ4n) is 3.04. The van der Waals surface area contributed by atoms with Crippen molar-refractivity contribution in [1.82, 2.24) is 34.8 Å². The number of ether oxygens (including phenoxy) is 1. The Hall–Kier alpha value is -3.59. The lowest BCUT2D eigenvalue weighted by molar-refractivity contribution is 0.411. The summed E-state index contributed by atoms with van der Waals surface area (Å²) in [6.45, 7) is 1.96. The van der Waals surface area contributed by atoms with Crippen LogP contribution in [0.4, 0.5) is 0 Å². The highest BCUT2D eigenvalue weighted by atomic mass is 32.1. The Labute approximate surface area is 164 Å². The highest BCUT2D eigenvalue weighted by Crippen LogP contribution is 2.31. The van der Waals surface area contributed by atoms with Crippen LogP contribution in [0.3, 0.4) is 0 Å². The van der Waals surface area contributed by atoms with Crippen LogP contribution in [0.5, 0.6) is 5.75 Å². The number of nitrogens with zero attached hydrogens (tertiary/aromatic N) is 7. The van der Waals surface area contributed by atoms with Crippen LogP contribution in [0.25, 0.3) is 32.7 Å². The van der Waals surface area contributed by atoms with Gasteiger partial charge in [-0.25, -0.2) is 4.68 Å². The predicted octanol–water partition coefficient (Wildman–Crippen LogP) is 3.42. The van der Waals surface area contributed by atoms with E-state index in [1.807, 2.05) is 61.5 Å². The Balaban J connectivity index is 1.60. The predicted molar refractivity (Wildman–Crippen MR) is 106 cm³/mol. The maximum absolute atomic E-state index is 5.45. The molecule has 0 aliphatic carbocycles. The third-order valence-electron chi connectivity index (χ3n) is 4.43. The van der Waals surface area contributed by atoms with E-state index in [9.17, 15) is 0 Å². The molecule has 0 aliphatic heterocycles. The zero-order valence-electron chi connectivity index (χ0n) is 15.1. The Morgan fingerprint density at radius 1 is 0.929 bits per heavy atom. The van der Waals surface area contributed by atoms with Crippen molar-refractivity contribution in [1.29, 1.82) is 0 Å². The van der Waals surface area contributed by atoms with Gasteiger partial charge in [0.25, 0.3) is 0 Å². The fraction of sp³-hybridized carbons (Fsp3) is 0.105. The van der Waals surface area contributed by atoms with E-state index < -0.39 is 0 Å². The van der Waals surface area contributed by atoms with Gasteiger partial charge < -0.3 is 4.74 Å². The lowest BCUT2D eigenvalue weighted by Gasteiger charge is -2.08. The van der Waals surface area contributed by atoms with E-state index in [4.69, 9.17) is 9.84 Å². The second kappa shape index (κ2) is 6.54. The highest BCUT2D eigenvalue weighted by molar-refractivity contribution is 7.19. The minimum atomic E-state index is 0.702. The second-order valence-corrected chi connectivity index (χ2v) is 7.05. The van der Waals surface area contributed by atoms with E-state index >= 15 is 0 Å². The van der Waals surface area contributed by atoms with Crippen molar-refractivity contribution in [2.24, 2.45) is 0 Å². The van der Waals surface area contributed by atoms with Crippen molar-refractivity contribution in [3.63, 3.8) is 0 Å². The summed E-state index contributed by atoms with van der Waals surface area (Å²) in [4.78, 5) is 0.708. The summed E-state index contributed by atoms with van der Waals surface area (Å²) in [7, 11) is 1.64. The van der Waals surface area contributed by atoms with Gasteiger partial charge in [0.15, 0.2) is 10.8 Å². The van der Waals surface area contributed by atoms with Crippen LogP contribution in [0, 0.1) is 6.92 Å². The number of fused-ring (bicyclic) bond motifs is 1. The summed E-state index contributed by atoms with van der Waals surface area (Å²) in [5, 5.41) is 22.6. The molecule has 9 heteroatoms. The van der Waals surface area contributed by atoms with Crippen LogP contribution in [0.2, 0.25) is 0 Å². The van der Waals surface area contributed by atoms with E-state index in [2.05, 4.69) is 20.5 Å². The molecule has 138 valence electrons. The molecule has 0 aliphatic rings. The van der Waals surface area contributed by atoms with Gasteiger partial charge in [-0.3, -0.25) is 0 Å². The average Bonchev–Trinajstić information content (AvgIpc) is 3.42. The van der Waals surface area contributed by atoms with Gasteiger partial charge in [0.2, 0.25) is 4.96 Å². The average molecular weight is 389 g/mol. The maximum atomic E-state index is 5.45. The summed E-state index contributed by atoms with van der Waals surface area (Å²) >= 11 is 1.43. The molecule has 5 rings (SSSR count). The molecule has 3 heterocycles. The van der Waals surface area contributed by atoms with Crippen LogP contribution >= 0.6 is 11.3 Å². The van der Waals surface area contributed by atoms with Gasteiger partial charge in [-0.05, 0) is 19.1 Å². The van der Waals surface area contributed by atoms with Gasteiger partial charge in [-0.1, -0.05) is 59.0 Å². The van der Waals surface area contributed by atoms with Crippen LogP contribution in [0.15, 0.2) is 54.6 Å². The Morgan fingerprint density at radius 2 is 1.71 bits per heavy atom. The van der Waals surface area contributed by atoms with Gasteiger partial charge in [0, 0.05) is 5.56 Å². The third kappa shape index (κ3) is 2.55. The molecule has 0 spiro atoms. The zero-order chi connectivity index (χ0) is 19.1. The molecule has 5 aromatic rings. The first-order valence-corrected chi connectivity index (χ1v) is 9.41. The van der Waals surface area contributed by atoms with Crippen molar-refractivity contribution < 1.29 is 4.74 Å². The quantitative estimate of drug-likeness (QED) is 0.468. The number of para-hydroxylation sites is 2. The first-order chi connectivity index (χ1) is 13.8. The SMILES string of the molecule is COc1ccccc1-n1nnc(-c2nn3c(-c4ccccc4)nnc3s2)c1C. The molecule has 0 saturated carbocycles. The van der Waals surface area contributed by atoms with Crippen LogP contribution in [-0.4, -0.2) is 41.9 Å². The van der Waals surface area contributed by atoms with E-state index in [0.29, 0.717) is 16.5 Å². The van der Waals surface area contributed by atoms with Crippen molar-refractivity contribution in [3.05, 3.63) is 60.3 Å². The molecule has 0 fully saturated rings. The zero-order valence-corrected chi connectivity index (χ0v) is 16.0. The maximum Gasteiger partial charge on any atom is 0.235 e. The molecule has 0 radical (unpaired) electrons. The monoisotopic (exact) mass is 389 g/mol. The number of hydrogen-bond donors (Lipinski definition) is 0. The highest BCUT2D eigenvalue weighted by Gasteiger charge is 2.20. The minimum Gasteiger partial charge on any atom is -0.494 e. The van der Waals surface area contributed by atoms with Crippen LogP contribution < -0.4 is 4.74 Å². The van der Waals surface area contributed by atoms with E-state index in [1.54, 1.807) is 16.3 Å². The molecule has 0 amide bonds. The van der Waals surface area contributed by atoms with Crippen LogP contribution in [-0.2, 0) is 0 Å². The molecule has 2 aromatic carbocycles. The molecule has 0 atom stereocenters. The van der Waals surface area contributed by atoms with E-state index in [0.717, 1.165) is 27.7 Å². The van der Waals surface area contributed by atoms with E-state index in [1.165, 1.54) is 11.3 Å². The second-order valence-electron chi connectivity index (χ2n) is 6.10. The Bertz CT molecular complexity index is 1270. The van der Waals surface area contributed by atoms with Gasteiger partial charge in [-0.2, -0.15) is 9.61 Å². The summed E-state index contributed by atoms with van der Waals surface area (Å²) in [5.74, 6) is 1.43. The molecule has 8 nitrogen and oxygen atoms in total. The fourth-order valence-corrected chi connectivity index (χ4v) is 3.92. The number of benzene rings is 2. The molecule has 28 heavy (non-hydrogen) atoms. The first-order valence-electron chi connectivity index (χ1n) is 8.60. The Kier molecular flexibility index (Phi) is 3.87. The largest absolute Gasteiger partial charge is 0.494 e. The van der Waals surface area contributed by atoms with Crippen molar-refractivity contribution in [2.75, 3.05) is 7.11 Å². The number of methoxy groups -OCH3 is 1. The molecule has 0 bridgehead atoms. The number of hydrogen-bond acceptors (Lipinski definition) is 7. The molecule has 3 aromatic heterocycles. The lowest BCUT2D eigenvalue weighted by Crippen LogP contribution is -2.01. The smallest absolute Gasteiger partial charge is 0.235 e.